The van der Waals surface area contributed by atoms with Crippen LogP contribution < -0.4 is 0 Å². The van der Waals surface area contributed by atoms with Crippen molar-refractivity contribution in [3.63, 3.8) is 0 Å². The molecule has 0 amide bonds. The van der Waals surface area contributed by atoms with E-state index >= 15 is 0 Å². The van der Waals surface area contributed by atoms with Gasteiger partial charge in [0.15, 0.2) is 5.78 Å². The average Bonchev–Trinajstić information content (AvgIpc) is 2.44. The average molecular weight is 406 g/mol. The fourth-order valence-corrected chi connectivity index (χ4v) is 3.16. The number of rotatable bonds is 7. The van der Waals surface area contributed by atoms with Gasteiger partial charge in [-0.15, -0.1) is 11.8 Å². The third kappa shape index (κ3) is 4.59. The highest BCUT2D eigenvalue weighted by Gasteiger charge is 2.17. The van der Waals surface area contributed by atoms with Gasteiger partial charge in [0.05, 0.1) is 17.3 Å². The van der Waals surface area contributed by atoms with E-state index in [1.807, 2.05) is 13.0 Å². The van der Waals surface area contributed by atoms with Gasteiger partial charge in [-0.25, -0.2) is 0 Å². The van der Waals surface area contributed by atoms with Gasteiger partial charge >= 0.3 is 0 Å². The zero-order valence-corrected chi connectivity index (χ0v) is 14.5. The number of Topliss-reactive ketones (excluding diaryl/α,β-unsaturated/α-hetero) is 1. The van der Waals surface area contributed by atoms with Gasteiger partial charge in [0.1, 0.15) is 5.69 Å². The molecular weight excluding hydrogens is 392 g/mol. The molecule has 0 aliphatic heterocycles. The van der Waals surface area contributed by atoms with Crippen LogP contribution in [0.5, 0.6) is 0 Å². The number of hydrogen-bond acceptors (Lipinski definition) is 4. The van der Waals surface area contributed by atoms with E-state index in [0.29, 0.717) is 5.69 Å². The molecule has 0 saturated heterocycles. The minimum Gasteiger partial charge on any atom is -0.291 e. The Bertz CT molecular complexity index is 488. The Morgan fingerprint density at radius 3 is 2.84 bits per heavy atom. The van der Waals surface area contributed by atoms with Crippen molar-refractivity contribution in [2.45, 2.75) is 24.2 Å². The zero-order chi connectivity index (χ0) is 14.3. The highest BCUT2D eigenvalue weighted by Crippen LogP contribution is 2.27. The zero-order valence-electron chi connectivity index (χ0n) is 10.5. The number of halogens is 2. The van der Waals surface area contributed by atoms with Gasteiger partial charge in [0, 0.05) is 16.4 Å². The summed E-state index contributed by atoms with van der Waals surface area (Å²) in [5, 5.41) is 10.2. The van der Waals surface area contributed by atoms with Crippen molar-refractivity contribution in [1.29, 1.82) is 5.26 Å². The Labute approximate surface area is 134 Å². The van der Waals surface area contributed by atoms with Gasteiger partial charge in [0.2, 0.25) is 0 Å². The minimum absolute atomic E-state index is 0.0310. The predicted octanol–water partition coefficient (Wildman–Crippen LogP) is 4.16. The van der Waals surface area contributed by atoms with Crippen LogP contribution in [-0.2, 0) is 0 Å². The van der Waals surface area contributed by atoms with Crippen LogP contribution >= 0.6 is 43.6 Å². The first-order valence-corrected chi connectivity index (χ1v) is 9.08. The summed E-state index contributed by atoms with van der Waals surface area (Å²) in [5.41, 5.74) is 1.37. The number of ketones is 1. The Morgan fingerprint density at radius 2 is 2.32 bits per heavy atom. The number of carbonyl (C=O) groups excluding carboxylic acids is 1. The molecule has 0 aromatic carbocycles. The Kier molecular flexibility index (Phi) is 7.66. The van der Waals surface area contributed by atoms with Crippen molar-refractivity contribution in [3.8, 4) is 6.07 Å². The van der Waals surface area contributed by atoms with E-state index in [-0.39, 0.29) is 17.0 Å². The van der Waals surface area contributed by atoms with Gasteiger partial charge in [0.25, 0.3) is 0 Å². The van der Waals surface area contributed by atoms with Crippen LogP contribution in [-0.4, -0.2) is 27.2 Å². The van der Waals surface area contributed by atoms with Crippen LogP contribution in [0.15, 0.2) is 17.2 Å². The van der Waals surface area contributed by atoms with E-state index in [4.69, 9.17) is 0 Å². The number of nitrogens with zero attached hydrogens (tertiary/aromatic N) is 2. The lowest BCUT2D eigenvalue weighted by Crippen LogP contribution is -2.08. The molecule has 0 spiro atoms. The van der Waals surface area contributed by atoms with Crippen LogP contribution in [0.25, 0.3) is 0 Å². The summed E-state index contributed by atoms with van der Waals surface area (Å²) in [5.74, 6) is 0.649. The summed E-state index contributed by atoms with van der Waals surface area (Å²) in [6, 6.07) is 4.20. The summed E-state index contributed by atoms with van der Waals surface area (Å²) in [4.78, 5) is 16.9. The molecule has 1 aromatic rings. The molecule has 0 N–H and O–H groups in total. The van der Waals surface area contributed by atoms with E-state index in [1.54, 1.807) is 18.0 Å². The second-order valence-corrected chi connectivity index (χ2v) is 6.42. The number of carbonyl (C=O) groups is 1. The molecule has 0 fully saturated rings. The van der Waals surface area contributed by atoms with E-state index in [1.165, 1.54) is 0 Å². The van der Waals surface area contributed by atoms with Crippen LogP contribution in [0.1, 0.15) is 35.3 Å². The summed E-state index contributed by atoms with van der Waals surface area (Å²) in [6.45, 7) is 2.03. The van der Waals surface area contributed by atoms with Crippen molar-refractivity contribution < 1.29 is 4.79 Å². The molecular formula is C13H14Br2N2OS. The normalized spacial score (nSPS) is 11.9. The maximum Gasteiger partial charge on any atom is 0.192 e. The highest BCUT2D eigenvalue weighted by atomic mass is 79.9. The Hall–Kier alpha value is -0.380. The summed E-state index contributed by atoms with van der Waals surface area (Å²) >= 11 is 8.10. The van der Waals surface area contributed by atoms with E-state index in [9.17, 15) is 10.1 Å². The second kappa shape index (κ2) is 8.72. The Balaban J connectivity index is 3.15. The van der Waals surface area contributed by atoms with Crippen LogP contribution in [0.2, 0.25) is 0 Å². The third-order valence-electron chi connectivity index (χ3n) is 2.52. The molecule has 102 valence electrons. The molecule has 1 heterocycles. The lowest BCUT2D eigenvalue weighted by atomic mass is 9.99. The maximum atomic E-state index is 11.8. The van der Waals surface area contributed by atoms with Gasteiger partial charge in [-0.2, -0.15) is 5.26 Å². The topological polar surface area (TPSA) is 53.8 Å². The molecule has 0 radical (unpaired) electrons. The second-order valence-electron chi connectivity index (χ2n) is 3.76. The molecule has 1 atom stereocenters. The molecule has 0 aliphatic carbocycles. The maximum absolute atomic E-state index is 11.8. The largest absolute Gasteiger partial charge is 0.291 e. The van der Waals surface area contributed by atoms with E-state index < -0.39 is 0 Å². The predicted molar refractivity (Wildman–Crippen MR) is 85.5 cm³/mol. The fraction of sp³-hybridized carbons (Fsp3) is 0.462. The number of pyridine rings is 1. The van der Waals surface area contributed by atoms with Gasteiger partial charge in [-0.1, -0.05) is 38.8 Å². The van der Waals surface area contributed by atoms with Crippen molar-refractivity contribution in [2.75, 3.05) is 16.4 Å². The smallest absolute Gasteiger partial charge is 0.192 e. The van der Waals surface area contributed by atoms with Crippen LogP contribution in [0.4, 0.5) is 0 Å². The lowest BCUT2D eigenvalue weighted by molar-refractivity contribution is 0.101. The van der Waals surface area contributed by atoms with E-state index in [2.05, 4.69) is 42.9 Å². The van der Waals surface area contributed by atoms with Crippen molar-refractivity contribution in [3.05, 3.63) is 23.5 Å². The van der Waals surface area contributed by atoms with E-state index in [0.717, 1.165) is 28.0 Å². The van der Waals surface area contributed by atoms with Crippen molar-refractivity contribution >= 4 is 49.4 Å². The molecule has 6 heteroatoms. The first-order valence-electron chi connectivity index (χ1n) is 5.85. The SMILES string of the molecule is CCSc1cc(C(C#N)CCBr)cnc1C(=O)CBr. The molecule has 0 saturated carbocycles. The minimum atomic E-state index is -0.184. The molecule has 0 bridgehead atoms. The van der Waals surface area contributed by atoms with Crippen LogP contribution in [0.3, 0.4) is 0 Å². The van der Waals surface area contributed by atoms with Gasteiger partial charge in [-0.3, -0.25) is 9.78 Å². The number of nitriles is 1. The molecule has 1 rings (SSSR count). The summed E-state index contributed by atoms with van der Waals surface area (Å²) < 4.78 is 0. The van der Waals surface area contributed by atoms with Crippen molar-refractivity contribution in [2.24, 2.45) is 0 Å². The van der Waals surface area contributed by atoms with Crippen molar-refractivity contribution in [1.82, 2.24) is 4.98 Å². The molecule has 3 nitrogen and oxygen atoms in total. The van der Waals surface area contributed by atoms with Crippen LogP contribution in [0, 0.1) is 11.3 Å². The first-order chi connectivity index (χ1) is 9.17. The van der Waals surface area contributed by atoms with Gasteiger partial charge in [-0.05, 0) is 23.8 Å². The fourth-order valence-electron chi connectivity index (χ4n) is 1.60. The third-order valence-corrected chi connectivity index (χ3v) is 4.39. The highest BCUT2D eigenvalue weighted by molar-refractivity contribution is 9.09. The Morgan fingerprint density at radius 1 is 1.58 bits per heavy atom. The lowest BCUT2D eigenvalue weighted by Gasteiger charge is -2.11. The molecule has 19 heavy (non-hydrogen) atoms. The summed E-state index contributed by atoms with van der Waals surface area (Å²) in [6.07, 6.45) is 2.38. The molecule has 1 unspecified atom stereocenters. The summed E-state index contributed by atoms with van der Waals surface area (Å²) in [7, 11) is 0. The first kappa shape index (κ1) is 16.7. The number of thioether (sulfide) groups is 1. The van der Waals surface area contributed by atoms with Gasteiger partial charge < -0.3 is 0 Å². The monoisotopic (exact) mass is 404 g/mol. The quantitative estimate of drug-likeness (QED) is 0.388. The number of alkyl halides is 2. The number of aromatic nitrogens is 1. The molecule has 1 aromatic heterocycles. The molecule has 0 aliphatic rings. The standard InChI is InChI=1S/C13H14Br2N2OS/c1-2-19-12-5-10(9(7-16)3-4-14)8-17-13(12)11(18)6-15/h5,8-9H,2-4,6H2,1H3. The number of hydrogen-bond donors (Lipinski definition) is 0.